The summed E-state index contributed by atoms with van der Waals surface area (Å²) in [6, 6.07) is 5.61. The number of nitrogens with one attached hydrogen (secondary N) is 1. The van der Waals surface area contributed by atoms with Crippen LogP contribution in [0.5, 0.6) is 0 Å². The molecule has 6 heteroatoms. The van der Waals surface area contributed by atoms with E-state index in [1.165, 1.54) is 29.1 Å². The summed E-state index contributed by atoms with van der Waals surface area (Å²) in [5, 5.41) is 2.52. The van der Waals surface area contributed by atoms with Gasteiger partial charge in [0, 0.05) is 12.7 Å². The summed E-state index contributed by atoms with van der Waals surface area (Å²) in [4.78, 5) is 15.6. The Morgan fingerprint density at radius 2 is 2.29 bits per heavy atom. The number of aromatic nitrogens is 2. The first kappa shape index (κ1) is 11.1. The molecule has 0 saturated heterocycles. The zero-order chi connectivity index (χ0) is 12.4. The molecule has 88 valence electrons. The molecule has 0 radical (unpaired) electrons. The summed E-state index contributed by atoms with van der Waals surface area (Å²) in [5.74, 6) is -0.621. The van der Waals surface area contributed by atoms with Crippen molar-refractivity contribution < 1.29 is 9.18 Å². The van der Waals surface area contributed by atoms with Crippen molar-refractivity contribution in [1.29, 1.82) is 0 Å². The van der Waals surface area contributed by atoms with Gasteiger partial charge in [0.15, 0.2) is 5.69 Å². The Kier molecular flexibility index (Phi) is 2.78. The van der Waals surface area contributed by atoms with Gasteiger partial charge in [-0.05, 0) is 18.2 Å². The number of rotatable bonds is 2. The summed E-state index contributed by atoms with van der Waals surface area (Å²) in [6.07, 6.45) is 1.44. The lowest BCUT2D eigenvalue weighted by Gasteiger charge is -2.04. The molecular weight excluding hydrogens is 223 g/mol. The Morgan fingerprint density at radius 1 is 1.53 bits per heavy atom. The Balaban J connectivity index is 2.20. The molecule has 2 aromatic rings. The Hall–Kier alpha value is -2.37. The lowest BCUT2D eigenvalue weighted by atomic mass is 10.3. The van der Waals surface area contributed by atoms with E-state index in [0.717, 1.165) is 0 Å². The molecule has 1 amide bonds. The van der Waals surface area contributed by atoms with Crippen LogP contribution in [0.3, 0.4) is 0 Å². The fourth-order valence-corrected chi connectivity index (χ4v) is 1.37. The Morgan fingerprint density at radius 3 is 2.88 bits per heavy atom. The maximum Gasteiger partial charge on any atom is 0.278 e. The maximum absolute atomic E-state index is 12.9. The van der Waals surface area contributed by atoms with Crippen LogP contribution in [-0.4, -0.2) is 15.5 Å². The highest BCUT2D eigenvalue weighted by atomic mass is 19.1. The van der Waals surface area contributed by atoms with Crippen LogP contribution in [-0.2, 0) is 7.05 Å². The minimum Gasteiger partial charge on any atom is -0.383 e. The molecule has 0 aliphatic carbocycles. The van der Waals surface area contributed by atoms with Gasteiger partial charge in [-0.25, -0.2) is 9.37 Å². The number of nitrogen functional groups attached to an aromatic ring is 1. The quantitative estimate of drug-likeness (QED) is 0.824. The van der Waals surface area contributed by atoms with Crippen molar-refractivity contribution in [2.45, 2.75) is 0 Å². The molecule has 1 aromatic heterocycles. The number of halogens is 1. The summed E-state index contributed by atoms with van der Waals surface area (Å²) >= 11 is 0. The molecule has 0 aliphatic rings. The number of imidazole rings is 1. The summed E-state index contributed by atoms with van der Waals surface area (Å²) < 4.78 is 14.4. The van der Waals surface area contributed by atoms with Gasteiger partial charge in [0.1, 0.15) is 11.6 Å². The first-order valence-electron chi connectivity index (χ1n) is 4.91. The zero-order valence-corrected chi connectivity index (χ0v) is 9.14. The maximum atomic E-state index is 12.9. The van der Waals surface area contributed by atoms with E-state index in [1.807, 2.05) is 0 Å². The van der Waals surface area contributed by atoms with E-state index >= 15 is 0 Å². The van der Waals surface area contributed by atoms with Crippen LogP contribution in [0.2, 0.25) is 0 Å². The van der Waals surface area contributed by atoms with Crippen molar-refractivity contribution in [3.05, 3.63) is 42.1 Å². The first-order chi connectivity index (χ1) is 8.08. The summed E-state index contributed by atoms with van der Waals surface area (Å²) in [7, 11) is 1.68. The monoisotopic (exact) mass is 234 g/mol. The Labute approximate surface area is 97.1 Å². The molecule has 0 fully saturated rings. The number of hydrogen-bond acceptors (Lipinski definition) is 3. The second-order valence-corrected chi connectivity index (χ2v) is 3.55. The van der Waals surface area contributed by atoms with E-state index in [-0.39, 0.29) is 11.5 Å². The van der Waals surface area contributed by atoms with Crippen molar-refractivity contribution in [2.75, 3.05) is 11.1 Å². The van der Waals surface area contributed by atoms with Crippen LogP contribution >= 0.6 is 0 Å². The average Bonchev–Trinajstić information content (AvgIpc) is 2.60. The molecule has 3 N–H and O–H groups in total. The molecule has 17 heavy (non-hydrogen) atoms. The first-order valence-corrected chi connectivity index (χ1v) is 4.91. The van der Waals surface area contributed by atoms with Crippen molar-refractivity contribution in [3.8, 4) is 0 Å². The zero-order valence-electron chi connectivity index (χ0n) is 9.14. The molecule has 5 nitrogen and oxygen atoms in total. The fraction of sp³-hybridized carbons (Fsp3) is 0.0909. The minimum absolute atomic E-state index is 0.122. The van der Waals surface area contributed by atoms with Crippen LogP contribution < -0.4 is 11.1 Å². The second kappa shape index (κ2) is 4.25. The van der Waals surface area contributed by atoms with Crippen LogP contribution in [0.1, 0.15) is 10.5 Å². The SMILES string of the molecule is Cn1cnc(C(=O)Nc2cccc(F)c2)c1N. The van der Waals surface area contributed by atoms with Crippen molar-refractivity contribution in [3.63, 3.8) is 0 Å². The number of nitrogens with zero attached hydrogens (tertiary/aromatic N) is 2. The number of carbonyl (C=O) groups is 1. The highest BCUT2D eigenvalue weighted by molar-refractivity contribution is 6.05. The van der Waals surface area contributed by atoms with Crippen LogP contribution in [0.4, 0.5) is 15.9 Å². The van der Waals surface area contributed by atoms with Crippen LogP contribution in [0.15, 0.2) is 30.6 Å². The number of nitrogens with two attached hydrogens (primary N) is 1. The molecule has 0 bridgehead atoms. The molecule has 0 atom stereocenters. The number of carbonyl (C=O) groups excluding carboxylic acids is 1. The number of hydrogen-bond donors (Lipinski definition) is 2. The van der Waals surface area contributed by atoms with E-state index < -0.39 is 11.7 Å². The van der Waals surface area contributed by atoms with Gasteiger partial charge in [-0.2, -0.15) is 0 Å². The van der Waals surface area contributed by atoms with E-state index in [0.29, 0.717) is 5.69 Å². The van der Waals surface area contributed by atoms with E-state index in [2.05, 4.69) is 10.3 Å². The normalized spacial score (nSPS) is 10.2. The molecule has 0 aliphatic heterocycles. The summed E-state index contributed by atoms with van der Waals surface area (Å²) in [5.41, 5.74) is 6.14. The van der Waals surface area contributed by atoms with E-state index in [9.17, 15) is 9.18 Å². The fourth-order valence-electron chi connectivity index (χ4n) is 1.37. The van der Waals surface area contributed by atoms with Gasteiger partial charge in [-0.1, -0.05) is 6.07 Å². The number of amides is 1. The third kappa shape index (κ3) is 2.25. The second-order valence-electron chi connectivity index (χ2n) is 3.55. The van der Waals surface area contributed by atoms with Crippen LogP contribution in [0, 0.1) is 5.82 Å². The standard InChI is InChI=1S/C11H11FN4O/c1-16-6-14-9(10(16)13)11(17)15-8-4-2-3-7(12)5-8/h2-6H,13H2,1H3,(H,15,17). The predicted molar refractivity (Wildman–Crippen MR) is 62.0 cm³/mol. The van der Waals surface area contributed by atoms with Gasteiger partial charge in [-0.15, -0.1) is 0 Å². The number of anilines is 2. The minimum atomic E-state index is -0.464. The van der Waals surface area contributed by atoms with Crippen molar-refractivity contribution >= 4 is 17.4 Å². The molecule has 1 heterocycles. The van der Waals surface area contributed by atoms with Crippen LogP contribution in [0.25, 0.3) is 0 Å². The largest absolute Gasteiger partial charge is 0.383 e. The molecule has 1 aromatic carbocycles. The van der Waals surface area contributed by atoms with Crippen molar-refractivity contribution in [2.24, 2.45) is 7.05 Å². The summed E-state index contributed by atoms with van der Waals surface area (Å²) in [6.45, 7) is 0. The lowest BCUT2D eigenvalue weighted by molar-refractivity contribution is 0.102. The van der Waals surface area contributed by atoms with Gasteiger partial charge in [0.25, 0.3) is 5.91 Å². The third-order valence-electron chi connectivity index (χ3n) is 2.28. The molecule has 2 rings (SSSR count). The average molecular weight is 234 g/mol. The Bertz CT molecular complexity index is 564. The predicted octanol–water partition coefficient (Wildman–Crippen LogP) is 1.39. The molecule has 0 unspecified atom stereocenters. The third-order valence-corrected chi connectivity index (χ3v) is 2.28. The molecule has 0 spiro atoms. The van der Waals surface area contributed by atoms with Crippen molar-refractivity contribution in [1.82, 2.24) is 9.55 Å². The van der Waals surface area contributed by atoms with Gasteiger partial charge < -0.3 is 15.6 Å². The highest BCUT2D eigenvalue weighted by Gasteiger charge is 2.14. The number of benzene rings is 1. The van der Waals surface area contributed by atoms with Gasteiger partial charge in [-0.3, -0.25) is 4.79 Å². The highest BCUT2D eigenvalue weighted by Crippen LogP contribution is 2.13. The van der Waals surface area contributed by atoms with Gasteiger partial charge >= 0.3 is 0 Å². The van der Waals surface area contributed by atoms with E-state index in [4.69, 9.17) is 5.73 Å². The smallest absolute Gasteiger partial charge is 0.278 e. The van der Waals surface area contributed by atoms with E-state index in [1.54, 1.807) is 13.1 Å². The number of aryl methyl sites for hydroxylation is 1. The van der Waals surface area contributed by atoms with Gasteiger partial charge in [0.2, 0.25) is 0 Å². The lowest BCUT2D eigenvalue weighted by Crippen LogP contribution is -2.14. The van der Waals surface area contributed by atoms with Gasteiger partial charge in [0.05, 0.1) is 6.33 Å². The topological polar surface area (TPSA) is 72.9 Å². The molecular formula is C11H11FN4O. The molecule has 0 saturated carbocycles.